The predicted molar refractivity (Wildman–Crippen MR) is 100 cm³/mol. The molecule has 0 fully saturated rings. The van der Waals surface area contributed by atoms with Crippen LogP contribution in [0.1, 0.15) is 34.1 Å². The van der Waals surface area contributed by atoms with E-state index < -0.39 is 0 Å². The van der Waals surface area contributed by atoms with Gasteiger partial charge in [0.2, 0.25) is 0 Å². The number of aliphatic imine (C=N–C) groups is 2. The predicted octanol–water partition coefficient (Wildman–Crippen LogP) is 3.37. The molecule has 2 aliphatic heterocycles. The largest absolute Gasteiger partial charge is 0.479 e. The van der Waals surface area contributed by atoms with Crippen LogP contribution >= 0.6 is 0 Å². The zero-order chi connectivity index (χ0) is 17.1. The Kier molecular flexibility index (Phi) is 3.04. The Labute approximate surface area is 152 Å². The minimum atomic E-state index is 0.171. The molecule has 4 nitrogen and oxygen atoms in total. The number of benzene rings is 2. The van der Waals surface area contributed by atoms with Gasteiger partial charge in [-0.3, -0.25) is 9.98 Å². The fourth-order valence-corrected chi connectivity index (χ4v) is 5.38. The molecule has 0 spiro atoms. The Hall–Kier alpha value is -2.62. The summed E-state index contributed by atoms with van der Waals surface area (Å²) in [6, 6.07) is 17.7. The lowest BCUT2D eigenvalue weighted by molar-refractivity contribution is 0.244. The van der Waals surface area contributed by atoms with Gasteiger partial charge in [-0.2, -0.15) is 0 Å². The first-order valence-electron chi connectivity index (χ1n) is 9.45. The molecule has 0 unspecified atom stereocenters. The summed E-state index contributed by atoms with van der Waals surface area (Å²) in [5.41, 5.74) is 5.65. The van der Waals surface area contributed by atoms with Crippen LogP contribution in [0.2, 0.25) is 0 Å². The summed E-state index contributed by atoms with van der Waals surface area (Å²) < 4.78 is 12.0. The van der Waals surface area contributed by atoms with E-state index in [9.17, 15) is 0 Å². The summed E-state index contributed by atoms with van der Waals surface area (Å²) in [7, 11) is 0. The third-order valence-electron chi connectivity index (χ3n) is 6.23. The molecule has 2 aromatic carbocycles. The number of nitrogens with zero attached hydrogens (tertiary/aromatic N) is 2. The van der Waals surface area contributed by atoms with E-state index in [1.165, 1.54) is 22.3 Å². The van der Waals surface area contributed by atoms with Gasteiger partial charge in [0.15, 0.2) is 11.8 Å². The highest BCUT2D eigenvalue weighted by Crippen LogP contribution is 2.59. The zero-order valence-corrected chi connectivity index (χ0v) is 14.5. The molecule has 2 heterocycles. The molecule has 5 aliphatic rings. The molecule has 0 aromatic heterocycles. The first-order valence-corrected chi connectivity index (χ1v) is 9.45. The fourth-order valence-electron chi connectivity index (χ4n) is 5.38. The lowest BCUT2D eigenvalue weighted by Crippen LogP contribution is -2.47. The first-order chi connectivity index (χ1) is 12.9. The van der Waals surface area contributed by atoms with Crippen molar-refractivity contribution in [2.45, 2.75) is 11.8 Å². The van der Waals surface area contributed by atoms with Gasteiger partial charge in [-0.1, -0.05) is 48.5 Å². The SMILES string of the molecule is c1ccc2c(c1)C1c3ccccc3C2[C@H](C2=NCCO2)[C@H]1C1=NCCO1. The summed E-state index contributed by atoms with van der Waals surface area (Å²) in [5.74, 6) is 2.63. The number of hydrogen-bond acceptors (Lipinski definition) is 4. The fraction of sp³-hybridized carbons (Fsp3) is 0.364. The van der Waals surface area contributed by atoms with Crippen LogP contribution in [0.25, 0.3) is 0 Å². The Bertz CT molecular complexity index is 825. The summed E-state index contributed by atoms with van der Waals surface area (Å²) >= 11 is 0. The lowest BCUT2D eigenvalue weighted by Gasteiger charge is -2.49. The summed E-state index contributed by atoms with van der Waals surface area (Å²) in [4.78, 5) is 9.46. The van der Waals surface area contributed by atoms with E-state index in [-0.39, 0.29) is 23.7 Å². The Balaban J connectivity index is 1.63. The van der Waals surface area contributed by atoms with Gasteiger partial charge in [-0.25, -0.2) is 0 Å². The van der Waals surface area contributed by atoms with E-state index in [0.29, 0.717) is 13.2 Å². The van der Waals surface area contributed by atoms with Crippen LogP contribution < -0.4 is 0 Å². The van der Waals surface area contributed by atoms with Crippen LogP contribution in [0.5, 0.6) is 0 Å². The third kappa shape index (κ3) is 1.84. The van der Waals surface area contributed by atoms with E-state index in [4.69, 9.17) is 19.5 Å². The van der Waals surface area contributed by atoms with E-state index >= 15 is 0 Å². The van der Waals surface area contributed by atoms with E-state index in [1.807, 2.05) is 0 Å². The quantitative estimate of drug-likeness (QED) is 0.838. The van der Waals surface area contributed by atoms with Crippen molar-refractivity contribution in [3.05, 3.63) is 70.8 Å². The highest BCUT2D eigenvalue weighted by Gasteiger charge is 2.55. The van der Waals surface area contributed by atoms with Crippen LogP contribution in [0.4, 0.5) is 0 Å². The second kappa shape index (κ2) is 5.44. The van der Waals surface area contributed by atoms with Crippen molar-refractivity contribution in [2.75, 3.05) is 26.3 Å². The molecule has 7 rings (SSSR count). The van der Waals surface area contributed by atoms with Crippen molar-refractivity contribution in [3.8, 4) is 0 Å². The van der Waals surface area contributed by atoms with E-state index in [2.05, 4.69) is 48.5 Å². The molecule has 2 atom stereocenters. The summed E-state index contributed by atoms with van der Waals surface area (Å²) in [5, 5.41) is 0. The molecule has 0 N–H and O–H groups in total. The number of ether oxygens (including phenoxy) is 2. The molecule has 0 amide bonds. The molecule has 0 saturated carbocycles. The molecule has 130 valence electrons. The van der Waals surface area contributed by atoms with Crippen LogP contribution in [0.3, 0.4) is 0 Å². The van der Waals surface area contributed by atoms with Crippen LogP contribution in [-0.2, 0) is 9.47 Å². The zero-order valence-electron chi connectivity index (χ0n) is 14.5. The monoisotopic (exact) mass is 344 g/mol. The van der Waals surface area contributed by atoms with Gasteiger partial charge >= 0.3 is 0 Å². The van der Waals surface area contributed by atoms with Gasteiger partial charge in [0.05, 0.1) is 24.9 Å². The maximum atomic E-state index is 6.00. The Morgan fingerprint density at radius 3 is 1.31 bits per heavy atom. The Morgan fingerprint density at radius 1 is 0.615 bits per heavy atom. The van der Waals surface area contributed by atoms with Gasteiger partial charge in [-0.15, -0.1) is 0 Å². The molecular formula is C22H20N2O2. The third-order valence-corrected chi connectivity index (χ3v) is 6.23. The number of hydrogen-bond donors (Lipinski definition) is 0. The van der Waals surface area contributed by atoms with E-state index in [0.717, 1.165) is 24.9 Å². The summed E-state index contributed by atoms with van der Waals surface area (Å²) in [6.45, 7) is 2.89. The van der Waals surface area contributed by atoms with E-state index in [1.54, 1.807) is 0 Å². The number of fused-ring (bicyclic) bond motifs is 1. The molecule has 26 heavy (non-hydrogen) atoms. The minimum absolute atomic E-state index is 0.171. The average molecular weight is 344 g/mol. The van der Waals surface area contributed by atoms with Crippen molar-refractivity contribution in [1.82, 2.24) is 0 Å². The van der Waals surface area contributed by atoms with Crippen molar-refractivity contribution < 1.29 is 9.47 Å². The second-order valence-electron chi connectivity index (χ2n) is 7.40. The normalized spacial score (nSPS) is 30.8. The van der Waals surface area contributed by atoms with Gasteiger partial charge in [0, 0.05) is 11.8 Å². The topological polar surface area (TPSA) is 43.2 Å². The van der Waals surface area contributed by atoms with Crippen molar-refractivity contribution >= 4 is 11.8 Å². The minimum Gasteiger partial charge on any atom is -0.479 e. The maximum absolute atomic E-state index is 6.00. The molecular weight excluding hydrogens is 324 g/mol. The smallest absolute Gasteiger partial charge is 0.188 e. The number of rotatable bonds is 2. The molecule has 4 heteroatoms. The average Bonchev–Trinajstić information content (AvgIpc) is 3.41. The molecule has 0 radical (unpaired) electrons. The molecule has 3 aliphatic carbocycles. The van der Waals surface area contributed by atoms with Gasteiger partial charge in [0.25, 0.3) is 0 Å². The maximum Gasteiger partial charge on any atom is 0.188 e. The second-order valence-corrected chi connectivity index (χ2v) is 7.40. The first kappa shape index (κ1) is 14.5. The van der Waals surface area contributed by atoms with Crippen molar-refractivity contribution in [1.29, 1.82) is 0 Å². The summed E-state index contributed by atoms with van der Waals surface area (Å²) in [6.07, 6.45) is 0. The standard InChI is InChI=1S/C22H20N2O2/c1-2-6-14-13(5-1)17-15-7-3-4-8-16(15)18(14)20(22-24-10-12-26-22)19(17)21-23-9-11-25-21/h1-8,17-20H,9-12H2/t17?,18?,19-,20-/m0/s1. The Morgan fingerprint density at radius 2 is 1.00 bits per heavy atom. The highest BCUT2D eigenvalue weighted by atomic mass is 16.5. The van der Waals surface area contributed by atoms with Gasteiger partial charge < -0.3 is 9.47 Å². The van der Waals surface area contributed by atoms with Gasteiger partial charge in [0.1, 0.15) is 13.2 Å². The van der Waals surface area contributed by atoms with Crippen LogP contribution in [-0.4, -0.2) is 38.1 Å². The molecule has 2 bridgehead atoms. The van der Waals surface area contributed by atoms with Crippen molar-refractivity contribution in [2.24, 2.45) is 21.8 Å². The molecule has 0 saturated heterocycles. The van der Waals surface area contributed by atoms with Crippen LogP contribution in [0, 0.1) is 11.8 Å². The van der Waals surface area contributed by atoms with Crippen molar-refractivity contribution in [3.63, 3.8) is 0 Å². The highest BCUT2D eigenvalue weighted by molar-refractivity contribution is 5.93. The van der Waals surface area contributed by atoms with Crippen LogP contribution in [0.15, 0.2) is 58.5 Å². The lowest BCUT2D eigenvalue weighted by atomic mass is 9.54. The van der Waals surface area contributed by atoms with Gasteiger partial charge in [-0.05, 0) is 22.3 Å². The molecule has 2 aromatic rings.